The zero-order valence-corrected chi connectivity index (χ0v) is 15.3. The molecule has 1 amide bonds. The average molecular weight is 367 g/mol. The summed E-state index contributed by atoms with van der Waals surface area (Å²) in [5.41, 5.74) is 1.22. The van der Waals surface area contributed by atoms with Crippen LogP contribution >= 0.6 is 11.6 Å². The Morgan fingerprint density at radius 1 is 1.04 bits per heavy atom. The summed E-state index contributed by atoms with van der Waals surface area (Å²) in [4.78, 5) is 13.6. The van der Waals surface area contributed by atoms with Crippen LogP contribution in [0.4, 0.5) is 5.69 Å². The normalized spacial score (nSPS) is 11.2. The van der Waals surface area contributed by atoms with Gasteiger partial charge in [-0.1, -0.05) is 41.4 Å². The topological polar surface area (TPSA) is 57.7 Å². The van der Waals surface area contributed by atoms with Crippen molar-refractivity contribution in [3.8, 4) is 0 Å². The molecule has 2 rings (SSSR count). The Kier molecular flexibility index (Phi) is 5.51. The van der Waals surface area contributed by atoms with Crippen molar-refractivity contribution in [2.75, 3.05) is 24.9 Å². The van der Waals surface area contributed by atoms with Crippen LogP contribution < -0.4 is 4.31 Å². The van der Waals surface area contributed by atoms with Gasteiger partial charge in [-0.2, -0.15) is 0 Å². The van der Waals surface area contributed by atoms with E-state index in [4.69, 9.17) is 11.6 Å². The molecule has 0 fully saturated rings. The summed E-state index contributed by atoms with van der Waals surface area (Å²) >= 11 is 6.17. The van der Waals surface area contributed by atoms with Gasteiger partial charge in [0.2, 0.25) is 5.91 Å². The third kappa shape index (κ3) is 3.88. The van der Waals surface area contributed by atoms with Crippen LogP contribution in [0, 0.1) is 6.92 Å². The smallest absolute Gasteiger partial charge is 0.264 e. The summed E-state index contributed by atoms with van der Waals surface area (Å²) < 4.78 is 27.1. The lowest BCUT2D eigenvalue weighted by Crippen LogP contribution is -2.40. The van der Waals surface area contributed by atoms with E-state index >= 15 is 0 Å². The van der Waals surface area contributed by atoms with E-state index in [-0.39, 0.29) is 28.1 Å². The second-order valence-electron chi connectivity index (χ2n) is 5.56. The van der Waals surface area contributed by atoms with E-state index in [1.54, 1.807) is 50.5 Å². The molecule has 0 saturated heterocycles. The molecule has 2 aromatic rings. The van der Waals surface area contributed by atoms with Crippen molar-refractivity contribution in [3.63, 3.8) is 0 Å². The molecular formula is C17H19ClN2O3S. The minimum Gasteiger partial charge on any atom is -0.347 e. The molecule has 0 saturated carbocycles. The molecule has 128 valence electrons. The molecule has 0 heterocycles. The number of carbonyl (C=O) groups excluding carboxylic acids is 1. The van der Waals surface area contributed by atoms with Gasteiger partial charge in [-0.05, 0) is 31.2 Å². The maximum Gasteiger partial charge on any atom is 0.264 e. The number of anilines is 1. The molecule has 0 N–H and O–H groups in total. The molecule has 0 aromatic heterocycles. The number of nitrogens with zero attached hydrogens (tertiary/aromatic N) is 2. The maximum absolute atomic E-state index is 13.1. The molecule has 0 radical (unpaired) electrons. The van der Waals surface area contributed by atoms with E-state index in [0.717, 1.165) is 9.87 Å². The van der Waals surface area contributed by atoms with Gasteiger partial charge in [0, 0.05) is 14.1 Å². The lowest BCUT2D eigenvalue weighted by atomic mass is 10.2. The first-order valence-electron chi connectivity index (χ1n) is 7.27. The summed E-state index contributed by atoms with van der Waals surface area (Å²) in [5.74, 6) is -0.342. The first-order valence-corrected chi connectivity index (χ1v) is 9.09. The lowest BCUT2D eigenvalue weighted by molar-refractivity contribution is -0.127. The van der Waals surface area contributed by atoms with E-state index in [1.165, 1.54) is 17.0 Å². The summed E-state index contributed by atoms with van der Waals surface area (Å²) in [5, 5.41) is 0.264. The predicted molar refractivity (Wildman–Crippen MR) is 95.9 cm³/mol. The highest BCUT2D eigenvalue weighted by Gasteiger charge is 2.29. The van der Waals surface area contributed by atoms with Crippen LogP contribution in [0.25, 0.3) is 0 Å². The second-order valence-corrected chi connectivity index (χ2v) is 7.83. The van der Waals surface area contributed by atoms with Gasteiger partial charge >= 0.3 is 0 Å². The molecule has 0 aliphatic carbocycles. The van der Waals surface area contributed by atoms with Gasteiger partial charge in [0.25, 0.3) is 10.0 Å². The number of para-hydroxylation sites is 1. The minimum absolute atomic E-state index is 0.111. The average Bonchev–Trinajstić information content (AvgIpc) is 2.53. The Morgan fingerprint density at radius 2 is 1.62 bits per heavy atom. The standard InChI is InChI=1S/C17H19ClN2O3S/c1-13-8-10-14(11-9-13)24(22,23)20(12-17(21)19(2)3)16-7-5-4-6-15(16)18/h4-11H,12H2,1-3H3. The number of benzene rings is 2. The minimum atomic E-state index is -3.92. The van der Waals surface area contributed by atoms with Crippen LogP contribution in [0.2, 0.25) is 5.02 Å². The first-order chi connectivity index (χ1) is 11.2. The number of likely N-dealkylation sites (N-methyl/N-ethyl adjacent to an activating group) is 1. The highest BCUT2D eigenvalue weighted by atomic mass is 35.5. The van der Waals surface area contributed by atoms with Crippen LogP contribution in [-0.4, -0.2) is 39.9 Å². The fourth-order valence-corrected chi connectivity index (χ4v) is 3.78. The summed E-state index contributed by atoms with van der Waals surface area (Å²) in [7, 11) is -0.771. The fraction of sp³-hybridized carbons (Fsp3) is 0.235. The van der Waals surface area contributed by atoms with Crippen LogP contribution in [0.1, 0.15) is 5.56 Å². The molecule has 5 nitrogen and oxygen atoms in total. The Bertz CT molecular complexity index is 833. The van der Waals surface area contributed by atoms with Gasteiger partial charge in [-0.3, -0.25) is 9.10 Å². The zero-order valence-electron chi connectivity index (χ0n) is 13.7. The van der Waals surface area contributed by atoms with Crippen LogP contribution in [0.15, 0.2) is 53.4 Å². The highest BCUT2D eigenvalue weighted by molar-refractivity contribution is 7.92. The fourth-order valence-electron chi connectivity index (χ4n) is 2.06. The molecule has 0 bridgehead atoms. The lowest BCUT2D eigenvalue weighted by Gasteiger charge is -2.26. The number of rotatable bonds is 5. The largest absolute Gasteiger partial charge is 0.347 e. The third-order valence-electron chi connectivity index (χ3n) is 3.51. The number of hydrogen-bond acceptors (Lipinski definition) is 3. The SMILES string of the molecule is Cc1ccc(S(=O)(=O)N(CC(=O)N(C)C)c2ccccc2Cl)cc1. The van der Waals surface area contributed by atoms with Crippen LogP contribution in [0.5, 0.6) is 0 Å². The van der Waals surface area contributed by atoms with Gasteiger partial charge in [-0.15, -0.1) is 0 Å². The molecule has 7 heteroatoms. The molecule has 0 unspecified atom stereocenters. The van der Waals surface area contributed by atoms with Gasteiger partial charge in [0.1, 0.15) is 6.54 Å². The number of sulfonamides is 1. The van der Waals surface area contributed by atoms with Crippen molar-refractivity contribution in [2.45, 2.75) is 11.8 Å². The quantitative estimate of drug-likeness (QED) is 0.817. The summed E-state index contributed by atoms with van der Waals surface area (Å²) in [6.07, 6.45) is 0. The number of amides is 1. The van der Waals surface area contributed by atoms with Gasteiger partial charge in [0.05, 0.1) is 15.6 Å². The first kappa shape index (κ1) is 18.3. The monoisotopic (exact) mass is 366 g/mol. The summed E-state index contributed by atoms with van der Waals surface area (Å²) in [6, 6.07) is 13.0. The predicted octanol–water partition coefficient (Wildman–Crippen LogP) is 2.93. The van der Waals surface area contributed by atoms with Gasteiger partial charge in [-0.25, -0.2) is 8.42 Å². The Labute approximate surface area is 147 Å². The second kappa shape index (κ2) is 7.23. The molecule has 0 aliphatic heterocycles. The van der Waals surface area contributed by atoms with E-state index in [0.29, 0.717) is 0 Å². The number of hydrogen-bond donors (Lipinski definition) is 0. The number of aryl methyl sites for hydroxylation is 1. The van der Waals surface area contributed by atoms with E-state index < -0.39 is 10.0 Å². The van der Waals surface area contributed by atoms with Gasteiger partial charge < -0.3 is 4.90 Å². The number of carbonyl (C=O) groups is 1. The third-order valence-corrected chi connectivity index (χ3v) is 5.60. The van der Waals surface area contributed by atoms with E-state index in [2.05, 4.69) is 0 Å². The Hall–Kier alpha value is -2.05. The Balaban J connectivity index is 2.55. The van der Waals surface area contributed by atoms with Crippen molar-refractivity contribution < 1.29 is 13.2 Å². The highest BCUT2D eigenvalue weighted by Crippen LogP contribution is 2.30. The Morgan fingerprint density at radius 3 is 2.17 bits per heavy atom. The van der Waals surface area contributed by atoms with Crippen LogP contribution in [-0.2, 0) is 14.8 Å². The zero-order chi connectivity index (χ0) is 17.9. The van der Waals surface area contributed by atoms with Crippen molar-refractivity contribution in [1.82, 2.24) is 4.90 Å². The molecular weight excluding hydrogens is 348 g/mol. The van der Waals surface area contributed by atoms with Crippen molar-refractivity contribution >= 4 is 33.2 Å². The summed E-state index contributed by atoms with van der Waals surface area (Å²) in [6.45, 7) is 1.55. The number of halogens is 1. The molecule has 0 aliphatic rings. The van der Waals surface area contributed by atoms with Crippen LogP contribution in [0.3, 0.4) is 0 Å². The van der Waals surface area contributed by atoms with Gasteiger partial charge in [0.15, 0.2) is 0 Å². The van der Waals surface area contributed by atoms with Crippen molar-refractivity contribution in [1.29, 1.82) is 0 Å². The van der Waals surface area contributed by atoms with Crippen molar-refractivity contribution in [2.24, 2.45) is 0 Å². The van der Waals surface area contributed by atoms with E-state index in [1.807, 2.05) is 6.92 Å². The van der Waals surface area contributed by atoms with E-state index in [9.17, 15) is 13.2 Å². The molecule has 24 heavy (non-hydrogen) atoms. The molecule has 0 atom stereocenters. The molecule has 0 spiro atoms. The van der Waals surface area contributed by atoms with Crippen molar-refractivity contribution in [3.05, 3.63) is 59.1 Å². The maximum atomic E-state index is 13.1. The molecule has 2 aromatic carbocycles.